The monoisotopic (exact) mass is 620 g/mol. The van der Waals surface area contributed by atoms with Crippen LogP contribution in [0.25, 0.3) is 17.2 Å². The van der Waals surface area contributed by atoms with Gasteiger partial charge in [0.1, 0.15) is 24.6 Å². The summed E-state index contributed by atoms with van der Waals surface area (Å²) in [5.41, 5.74) is 2.21. The molecule has 228 valence electrons. The van der Waals surface area contributed by atoms with Crippen molar-refractivity contribution in [2.75, 3.05) is 18.5 Å². The first-order chi connectivity index (χ1) is 21.4. The lowest BCUT2D eigenvalue weighted by Gasteiger charge is -2.20. The summed E-state index contributed by atoms with van der Waals surface area (Å²) in [6.45, 7) is 2.27. The fourth-order valence-electron chi connectivity index (χ4n) is 5.19. The van der Waals surface area contributed by atoms with E-state index in [-0.39, 0.29) is 24.6 Å². The number of carbonyl (C=O) groups excluding carboxylic acids is 1. The third-order valence-corrected chi connectivity index (χ3v) is 7.55. The second-order valence-corrected chi connectivity index (χ2v) is 10.4. The number of urea groups is 1. The molecule has 2 amide bonds. The highest BCUT2D eigenvalue weighted by Gasteiger charge is 2.53. The first kappa shape index (κ1) is 29.7. The van der Waals surface area contributed by atoms with E-state index in [1.54, 1.807) is 23.0 Å². The average Bonchev–Trinajstić information content (AvgIpc) is 3.72. The number of anilines is 1. The van der Waals surface area contributed by atoms with Crippen LogP contribution >= 0.6 is 11.6 Å². The van der Waals surface area contributed by atoms with Gasteiger partial charge in [-0.15, -0.1) is 0 Å². The second-order valence-electron chi connectivity index (χ2n) is 10.0. The minimum Gasteiger partial charge on any atom is -0.478 e. The maximum absolute atomic E-state index is 12.2. The van der Waals surface area contributed by atoms with Crippen LogP contribution in [-0.4, -0.2) is 74.4 Å². The van der Waals surface area contributed by atoms with Gasteiger partial charge in [-0.25, -0.2) is 24.5 Å². The molecule has 2 aliphatic heterocycles. The maximum atomic E-state index is 12.2. The van der Waals surface area contributed by atoms with E-state index in [1.807, 2.05) is 49.4 Å². The Labute approximate surface area is 256 Å². The fourth-order valence-corrected chi connectivity index (χ4v) is 5.42. The Morgan fingerprint density at radius 2 is 1.89 bits per heavy atom. The van der Waals surface area contributed by atoms with Crippen molar-refractivity contribution in [1.82, 2.24) is 24.8 Å². The van der Waals surface area contributed by atoms with E-state index in [1.165, 1.54) is 12.4 Å². The molecule has 0 aliphatic carbocycles. The van der Waals surface area contributed by atoms with Crippen LogP contribution in [-0.2, 0) is 25.6 Å². The van der Waals surface area contributed by atoms with Crippen LogP contribution in [0.1, 0.15) is 34.6 Å². The second kappa shape index (κ2) is 13.1. The molecule has 44 heavy (non-hydrogen) atoms. The van der Waals surface area contributed by atoms with Gasteiger partial charge in [0.15, 0.2) is 29.5 Å². The number of nitrogens with one attached hydrogen (secondary N) is 2. The standard InChI is InChI=1S/C30H29ClN6O7/c1-2-32-30(40)36-26-23-27(34-15-33-26)37(16-35-23)28-25-24(43-22(44-25)12-11-17-7-4-3-5-8-17)21(42-28)14-41-13-19-18(29(38)39)9-6-10-20(19)31/h3-12,15-16,21-22,24-25,28H,2,13-14H2,1H3,(H,38,39)(H2,32,33,34,36,40)/b12-11+/t21?,22-,24?,25?,28?/m0/s1. The van der Waals surface area contributed by atoms with Gasteiger partial charge in [-0.05, 0) is 30.7 Å². The van der Waals surface area contributed by atoms with Gasteiger partial charge in [0.2, 0.25) is 0 Å². The highest BCUT2D eigenvalue weighted by molar-refractivity contribution is 6.31. The van der Waals surface area contributed by atoms with Crippen LogP contribution in [0.3, 0.4) is 0 Å². The van der Waals surface area contributed by atoms with Crippen LogP contribution in [0.5, 0.6) is 0 Å². The summed E-state index contributed by atoms with van der Waals surface area (Å²) in [5.74, 6) is -0.853. The average molecular weight is 621 g/mol. The van der Waals surface area contributed by atoms with Gasteiger partial charge in [-0.1, -0.05) is 54.1 Å². The molecule has 14 heteroatoms. The number of ether oxygens (including phenoxy) is 4. The summed E-state index contributed by atoms with van der Waals surface area (Å²) < 4.78 is 26.7. The van der Waals surface area contributed by atoms with E-state index in [0.717, 1.165) is 5.56 Å². The highest BCUT2D eigenvalue weighted by Crippen LogP contribution is 2.41. The number of carboxylic acids is 1. The van der Waals surface area contributed by atoms with E-state index < -0.39 is 42.8 Å². The number of nitrogens with zero attached hydrogens (tertiary/aromatic N) is 4. The summed E-state index contributed by atoms with van der Waals surface area (Å²) in [4.78, 5) is 36.9. The number of carboxylic acid groups (broad SMARTS) is 1. The summed E-state index contributed by atoms with van der Waals surface area (Å²) in [5, 5.41) is 15.2. The number of amides is 2. The largest absolute Gasteiger partial charge is 0.478 e. The molecule has 4 aromatic rings. The lowest BCUT2D eigenvalue weighted by molar-refractivity contribution is -0.139. The first-order valence-electron chi connectivity index (χ1n) is 13.9. The van der Waals surface area contributed by atoms with Gasteiger partial charge in [0.05, 0.1) is 25.1 Å². The number of aromatic carboxylic acids is 1. The van der Waals surface area contributed by atoms with Crippen molar-refractivity contribution < 1.29 is 33.6 Å². The molecule has 0 bridgehead atoms. The van der Waals surface area contributed by atoms with Crippen LogP contribution < -0.4 is 10.6 Å². The number of imidazole rings is 1. The molecule has 4 unspecified atom stereocenters. The van der Waals surface area contributed by atoms with E-state index >= 15 is 0 Å². The Bertz CT molecular complexity index is 1680. The lowest BCUT2D eigenvalue weighted by Crippen LogP contribution is -2.32. The van der Waals surface area contributed by atoms with Gasteiger partial charge < -0.3 is 29.4 Å². The van der Waals surface area contributed by atoms with Crippen molar-refractivity contribution in [3.8, 4) is 0 Å². The van der Waals surface area contributed by atoms with Gasteiger partial charge in [-0.2, -0.15) is 0 Å². The molecule has 0 spiro atoms. The molecule has 6 rings (SSSR count). The quantitative estimate of drug-likeness (QED) is 0.234. The van der Waals surface area contributed by atoms with E-state index in [0.29, 0.717) is 28.3 Å². The molecule has 5 atom stereocenters. The molecule has 2 aliphatic rings. The molecule has 2 aromatic carbocycles. The van der Waals surface area contributed by atoms with Crippen molar-refractivity contribution in [2.45, 2.75) is 44.4 Å². The summed E-state index contributed by atoms with van der Waals surface area (Å²) in [6, 6.07) is 14.0. The van der Waals surface area contributed by atoms with Crippen LogP contribution in [0.2, 0.25) is 5.02 Å². The number of fused-ring (bicyclic) bond motifs is 2. The number of hydrogen-bond acceptors (Lipinski definition) is 9. The van der Waals surface area contributed by atoms with Crippen molar-refractivity contribution in [3.05, 3.63) is 89.0 Å². The summed E-state index contributed by atoms with van der Waals surface area (Å²) in [6.07, 6.45) is 3.53. The van der Waals surface area contributed by atoms with Gasteiger partial charge in [-0.3, -0.25) is 9.88 Å². The molecule has 0 radical (unpaired) electrons. The van der Waals surface area contributed by atoms with Gasteiger partial charge in [0.25, 0.3) is 0 Å². The predicted octanol–water partition coefficient (Wildman–Crippen LogP) is 4.26. The molecule has 13 nitrogen and oxygen atoms in total. The van der Waals surface area contributed by atoms with Crippen molar-refractivity contribution in [1.29, 1.82) is 0 Å². The normalized spacial score (nSPS) is 22.8. The fraction of sp³-hybridized carbons (Fsp3) is 0.300. The Balaban J connectivity index is 1.25. The Morgan fingerprint density at radius 1 is 1.07 bits per heavy atom. The van der Waals surface area contributed by atoms with Crippen LogP contribution in [0.4, 0.5) is 10.6 Å². The molecule has 0 saturated carbocycles. The number of halogens is 1. The maximum Gasteiger partial charge on any atom is 0.336 e. The Kier molecular flexibility index (Phi) is 8.82. The van der Waals surface area contributed by atoms with Crippen molar-refractivity contribution >= 4 is 46.7 Å². The van der Waals surface area contributed by atoms with Crippen molar-refractivity contribution in [3.63, 3.8) is 0 Å². The van der Waals surface area contributed by atoms with Crippen LogP contribution in [0, 0.1) is 0 Å². The lowest BCUT2D eigenvalue weighted by atomic mass is 10.1. The predicted molar refractivity (Wildman–Crippen MR) is 159 cm³/mol. The zero-order chi connectivity index (χ0) is 30.6. The third kappa shape index (κ3) is 6.14. The molecule has 2 aromatic heterocycles. The smallest absolute Gasteiger partial charge is 0.336 e. The molecular weight excluding hydrogens is 592 g/mol. The minimum absolute atomic E-state index is 0.0441. The topological polar surface area (TPSA) is 159 Å². The first-order valence-corrected chi connectivity index (χ1v) is 14.3. The van der Waals surface area contributed by atoms with Gasteiger partial charge >= 0.3 is 12.0 Å². The van der Waals surface area contributed by atoms with Crippen LogP contribution in [0.15, 0.2) is 67.3 Å². The molecule has 3 N–H and O–H groups in total. The van der Waals surface area contributed by atoms with Gasteiger partial charge in [0, 0.05) is 17.1 Å². The number of benzene rings is 2. The minimum atomic E-state index is -1.10. The molecule has 2 saturated heterocycles. The number of aromatic nitrogens is 4. The highest BCUT2D eigenvalue weighted by atomic mass is 35.5. The Morgan fingerprint density at radius 3 is 2.68 bits per heavy atom. The molecule has 4 heterocycles. The van der Waals surface area contributed by atoms with Crippen molar-refractivity contribution in [2.24, 2.45) is 0 Å². The Hall–Kier alpha value is -4.40. The summed E-state index contributed by atoms with van der Waals surface area (Å²) in [7, 11) is 0. The SMILES string of the molecule is CCNC(=O)Nc1ncnc2c1ncn2C1OC(COCc2c(Cl)cccc2C(=O)O)C2O[C@H](/C=C/c3ccccc3)OC21. The van der Waals surface area contributed by atoms with E-state index in [4.69, 9.17) is 30.5 Å². The number of hydrogen-bond donors (Lipinski definition) is 3. The van der Waals surface area contributed by atoms with E-state index in [2.05, 4.69) is 25.6 Å². The third-order valence-electron chi connectivity index (χ3n) is 7.19. The zero-order valence-corrected chi connectivity index (χ0v) is 24.3. The molecular formula is C30H29ClN6O7. The zero-order valence-electron chi connectivity index (χ0n) is 23.5. The number of carbonyl (C=O) groups is 2. The van der Waals surface area contributed by atoms with E-state index in [9.17, 15) is 14.7 Å². The summed E-state index contributed by atoms with van der Waals surface area (Å²) >= 11 is 6.29. The number of rotatable bonds is 10. The molecule has 2 fully saturated rings.